The molecule has 5 rings (SSSR count). The molecular formula is C21H20N6O2. The first-order chi connectivity index (χ1) is 14.2. The van der Waals surface area contributed by atoms with Gasteiger partial charge in [0.1, 0.15) is 23.0 Å². The molecule has 29 heavy (non-hydrogen) atoms. The highest BCUT2D eigenvalue weighted by molar-refractivity contribution is 6.03. The second-order valence-corrected chi connectivity index (χ2v) is 7.09. The molecule has 1 aliphatic carbocycles. The first-order valence-corrected chi connectivity index (χ1v) is 9.47. The molecule has 8 nitrogen and oxygen atoms in total. The average Bonchev–Trinajstić information content (AvgIpc) is 3.53. The van der Waals surface area contributed by atoms with Crippen molar-refractivity contribution in [2.45, 2.75) is 12.8 Å². The Hall–Kier alpha value is -3.68. The van der Waals surface area contributed by atoms with Crippen LogP contribution >= 0.6 is 0 Å². The van der Waals surface area contributed by atoms with Gasteiger partial charge in [0.05, 0.1) is 25.2 Å². The molecule has 4 aromatic rings. The largest absolute Gasteiger partial charge is 0.495 e. The molecule has 4 aromatic heterocycles. The smallest absolute Gasteiger partial charge is 0.228 e. The van der Waals surface area contributed by atoms with Gasteiger partial charge in [-0.15, -0.1) is 0 Å². The predicted octanol–water partition coefficient (Wildman–Crippen LogP) is 3.34. The zero-order chi connectivity index (χ0) is 20.0. The fourth-order valence-electron chi connectivity index (χ4n) is 3.46. The molecule has 1 amide bonds. The number of amides is 1. The van der Waals surface area contributed by atoms with Crippen LogP contribution in [0.3, 0.4) is 0 Å². The standard InChI is InChI=1S/C21H20N6O2/c1-22-20-16-9-23-18(26-21(28)12-3-4-12)7-14(16)15(8-25-20)17-10-24-19-6-5-13(29-2)11-27(17)19/h5-12H,3-4H2,1-2H3,(H,22,25)(H,23,26,28). The van der Waals surface area contributed by atoms with E-state index in [4.69, 9.17) is 4.74 Å². The Bertz CT molecular complexity index is 1240. The van der Waals surface area contributed by atoms with E-state index in [1.54, 1.807) is 13.3 Å². The lowest BCUT2D eigenvalue weighted by Gasteiger charge is -2.12. The maximum absolute atomic E-state index is 12.2. The van der Waals surface area contributed by atoms with Crippen LogP contribution in [0.4, 0.5) is 11.6 Å². The molecule has 1 aliphatic rings. The van der Waals surface area contributed by atoms with E-state index in [-0.39, 0.29) is 11.8 Å². The molecule has 2 N–H and O–H groups in total. The summed E-state index contributed by atoms with van der Waals surface area (Å²) in [4.78, 5) is 25.7. The Labute approximate surface area is 167 Å². The normalized spacial score (nSPS) is 13.6. The topological polar surface area (TPSA) is 93.4 Å². The number of nitrogens with one attached hydrogen (secondary N) is 2. The highest BCUT2D eigenvalue weighted by Crippen LogP contribution is 2.34. The van der Waals surface area contributed by atoms with E-state index >= 15 is 0 Å². The number of fused-ring (bicyclic) bond motifs is 2. The number of imidazole rings is 1. The quantitative estimate of drug-likeness (QED) is 0.545. The molecule has 0 spiro atoms. The summed E-state index contributed by atoms with van der Waals surface area (Å²) < 4.78 is 7.34. The summed E-state index contributed by atoms with van der Waals surface area (Å²) in [6.45, 7) is 0. The zero-order valence-corrected chi connectivity index (χ0v) is 16.1. The third-order valence-electron chi connectivity index (χ3n) is 5.20. The number of hydrogen-bond donors (Lipinski definition) is 2. The molecule has 0 atom stereocenters. The number of aromatic nitrogens is 4. The van der Waals surface area contributed by atoms with Gasteiger partial charge in [-0.05, 0) is 31.0 Å². The number of rotatable bonds is 5. The summed E-state index contributed by atoms with van der Waals surface area (Å²) in [5.74, 6) is 2.14. The number of methoxy groups -OCH3 is 1. The second kappa shape index (κ2) is 6.73. The second-order valence-electron chi connectivity index (χ2n) is 7.09. The minimum absolute atomic E-state index is 0.0286. The van der Waals surface area contributed by atoms with Gasteiger partial charge in [0.15, 0.2) is 0 Å². The highest BCUT2D eigenvalue weighted by Gasteiger charge is 2.29. The van der Waals surface area contributed by atoms with Gasteiger partial charge in [-0.1, -0.05) is 0 Å². The number of anilines is 2. The van der Waals surface area contributed by atoms with E-state index in [1.165, 1.54) is 0 Å². The van der Waals surface area contributed by atoms with Crippen molar-refractivity contribution in [3.05, 3.63) is 43.0 Å². The van der Waals surface area contributed by atoms with Crippen molar-refractivity contribution in [1.29, 1.82) is 0 Å². The number of carbonyl (C=O) groups is 1. The summed E-state index contributed by atoms with van der Waals surface area (Å²) in [5.41, 5.74) is 2.58. The first-order valence-electron chi connectivity index (χ1n) is 9.47. The molecule has 0 unspecified atom stereocenters. The summed E-state index contributed by atoms with van der Waals surface area (Å²) in [7, 11) is 3.46. The van der Waals surface area contributed by atoms with Gasteiger partial charge in [-0.25, -0.2) is 15.0 Å². The van der Waals surface area contributed by atoms with Crippen LogP contribution in [-0.4, -0.2) is 39.4 Å². The molecule has 1 fully saturated rings. The zero-order valence-electron chi connectivity index (χ0n) is 16.1. The van der Waals surface area contributed by atoms with Crippen LogP contribution in [0.5, 0.6) is 5.75 Å². The van der Waals surface area contributed by atoms with Gasteiger partial charge in [0.25, 0.3) is 0 Å². The third-order valence-corrected chi connectivity index (χ3v) is 5.20. The minimum atomic E-state index is 0.0286. The van der Waals surface area contributed by atoms with Gasteiger partial charge >= 0.3 is 0 Å². The maximum Gasteiger partial charge on any atom is 0.228 e. The van der Waals surface area contributed by atoms with Crippen LogP contribution in [0.2, 0.25) is 0 Å². The lowest BCUT2D eigenvalue weighted by molar-refractivity contribution is -0.117. The molecule has 0 bridgehead atoms. The van der Waals surface area contributed by atoms with E-state index in [2.05, 4.69) is 25.6 Å². The number of hydrogen-bond acceptors (Lipinski definition) is 6. The van der Waals surface area contributed by atoms with Crippen molar-refractivity contribution in [2.75, 3.05) is 24.8 Å². The Morgan fingerprint density at radius 3 is 2.76 bits per heavy atom. The molecule has 0 saturated heterocycles. The molecule has 146 valence electrons. The van der Waals surface area contributed by atoms with E-state index in [9.17, 15) is 4.79 Å². The molecule has 0 aromatic carbocycles. The number of nitrogens with zero attached hydrogens (tertiary/aromatic N) is 4. The summed E-state index contributed by atoms with van der Waals surface area (Å²) in [6.07, 6.45) is 9.15. The van der Waals surface area contributed by atoms with Crippen LogP contribution in [0.15, 0.2) is 43.0 Å². The summed E-state index contributed by atoms with van der Waals surface area (Å²) in [5, 5.41) is 7.83. The third kappa shape index (κ3) is 3.02. The van der Waals surface area contributed by atoms with E-state index in [1.807, 2.05) is 48.2 Å². The predicted molar refractivity (Wildman–Crippen MR) is 111 cm³/mol. The van der Waals surface area contributed by atoms with Gasteiger partial charge < -0.3 is 15.4 Å². The monoisotopic (exact) mass is 388 g/mol. The van der Waals surface area contributed by atoms with Gasteiger partial charge in [0, 0.05) is 41.7 Å². The lowest BCUT2D eigenvalue weighted by Crippen LogP contribution is -2.14. The van der Waals surface area contributed by atoms with E-state index in [0.717, 1.165) is 52.1 Å². The average molecular weight is 388 g/mol. The Balaban J connectivity index is 1.69. The van der Waals surface area contributed by atoms with Crippen LogP contribution < -0.4 is 15.4 Å². The molecule has 0 aliphatic heterocycles. The molecular weight excluding hydrogens is 368 g/mol. The van der Waals surface area contributed by atoms with E-state index < -0.39 is 0 Å². The Morgan fingerprint density at radius 1 is 1.14 bits per heavy atom. The minimum Gasteiger partial charge on any atom is -0.495 e. The molecule has 4 heterocycles. The number of ether oxygens (including phenoxy) is 1. The highest BCUT2D eigenvalue weighted by atomic mass is 16.5. The van der Waals surface area contributed by atoms with Gasteiger partial charge in [-0.3, -0.25) is 9.20 Å². The van der Waals surface area contributed by atoms with Crippen molar-refractivity contribution in [3.8, 4) is 17.0 Å². The van der Waals surface area contributed by atoms with Crippen LogP contribution in [-0.2, 0) is 4.79 Å². The first kappa shape index (κ1) is 17.4. The van der Waals surface area contributed by atoms with Gasteiger partial charge in [-0.2, -0.15) is 0 Å². The fourth-order valence-corrected chi connectivity index (χ4v) is 3.46. The van der Waals surface area contributed by atoms with Crippen molar-refractivity contribution in [2.24, 2.45) is 5.92 Å². The van der Waals surface area contributed by atoms with Crippen LogP contribution in [0, 0.1) is 5.92 Å². The summed E-state index contributed by atoms with van der Waals surface area (Å²) in [6, 6.07) is 5.68. The SMILES string of the molecule is CNc1ncc(-c2cnc3ccc(OC)cn23)c2cc(NC(=O)C3CC3)ncc12. The Kier molecular flexibility index (Phi) is 4.04. The maximum atomic E-state index is 12.2. The number of pyridine rings is 3. The van der Waals surface area contributed by atoms with Crippen molar-refractivity contribution in [1.82, 2.24) is 19.4 Å². The molecule has 8 heteroatoms. The lowest BCUT2D eigenvalue weighted by atomic mass is 10.1. The van der Waals surface area contributed by atoms with Crippen molar-refractivity contribution >= 4 is 34.0 Å². The summed E-state index contributed by atoms with van der Waals surface area (Å²) >= 11 is 0. The Morgan fingerprint density at radius 2 is 2.00 bits per heavy atom. The van der Waals surface area contributed by atoms with E-state index in [0.29, 0.717) is 5.82 Å². The molecule has 1 saturated carbocycles. The fraction of sp³-hybridized carbons (Fsp3) is 0.238. The van der Waals surface area contributed by atoms with Gasteiger partial charge in [0.2, 0.25) is 5.91 Å². The molecule has 0 radical (unpaired) electrons. The number of carbonyl (C=O) groups excluding carboxylic acids is 1. The van der Waals surface area contributed by atoms with Crippen molar-refractivity contribution in [3.63, 3.8) is 0 Å². The van der Waals surface area contributed by atoms with Crippen LogP contribution in [0.25, 0.3) is 27.7 Å². The van der Waals surface area contributed by atoms with Crippen LogP contribution in [0.1, 0.15) is 12.8 Å². The van der Waals surface area contributed by atoms with Crippen molar-refractivity contribution < 1.29 is 9.53 Å².